The molecule has 3 aromatic heterocycles. The van der Waals surface area contributed by atoms with E-state index >= 15 is 0 Å². The molecule has 0 radical (unpaired) electrons. The van der Waals surface area contributed by atoms with E-state index in [9.17, 15) is 4.79 Å². The smallest absolute Gasteiger partial charge is 0.265 e. The molecule has 32 heavy (non-hydrogen) atoms. The Hall–Kier alpha value is -3.87. The van der Waals surface area contributed by atoms with Crippen molar-refractivity contribution >= 4 is 39.4 Å². The molecule has 0 aliphatic heterocycles. The van der Waals surface area contributed by atoms with Crippen LogP contribution in [0.1, 0.15) is 38.2 Å². The summed E-state index contributed by atoms with van der Waals surface area (Å²) in [5.41, 5.74) is 3.86. The van der Waals surface area contributed by atoms with Crippen LogP contribution >= 0.6 is 0 Å². The number of nitrogens with zero attached hydrogens (tertiary/aromatic N) is 6. The summed E-state index contributed by atoms with van der Waals surface area (Å²) in [6.45, 7) is 2.82. The molecule has 0 unspecified atom stereocenters. The average Bonchev–Trinajstić information content (AvgIpc) is 3.14. The number of aromatic nitrogens is 5. The lowest BCUT2D eigenvalue weighted by Gasteiger charge is -2.05. The van der Waals surface area contributed by atoms with Gasteiger partial charge in [0.1, 0.15) is 10.9 Å². The Kier molecular flexibility index (Phi) is 5.46. The van der Waals surface area contributed by atoms with Gasteiger partial charge >= 0.3 is 0 Å². The Balaban J connectivity index is 1.71. The third-order valence-corrected chi connectivity index (χ3v) is 5.58. The number of rotatable bonds is 7. The number of unbranched alkanes of at least 4 members (excludes halogenated alkanes) is 3. The number of aryl methyl sites for hydroxylation is 1. The zero-order chi connectivity index (χ0) is 21.9. The minimum Gasteiger partial charge on any atom is -0.299 e. The van der Waals surface area contributed by atoms with Gasteiger partial charge in [-0.3, -0.25) is 9.36 Å². The zero-order valence-electron chi connectivity index (χ0n) is 18.0. The van der Waals surface area contributed by atoms with Gasteiger partial charge in [0, 0.05) is 6.54 Å². The van der Waals surface area contributed by atoms with Crippen molar-refractivity contribution in [1.29, 1.82) is 0 Å². The number of fused-ring (bicyclic) bond motifs is 4. The van der Waals surface area contributed by atoms with Crippen molar-refractivity contribution in [2.24, 2.45) is 5.10 Å². The molecule has 0 bridgehead atoms. The van der Waals surface area contributed by atoms with Gasteiger partial charge in [-0.05, 0) is 24.1 Å². The van der Waals surface area contributed by atoms with E-state index in [1.165, 1.54) is 0 Å². The van der Waals surface area contributed by atoms with E-state index in [0.29, 0.717) is 28.7 Å². The van der Waals surface area contributed by atoms with Crippen LogP contribution in [0.5, 0.6) is 0 Å². The summed E-state index contributed by atoms with van der Waals surface area (Å²) < 4.78 is 3.31. The van der Waals surface area contributed by atoms with Crippen molar-refractivity contribution in [3.8, 4) is 0 Å². The molecular weight excluding hydrogens is 400 g/mol. The topological polar surface area (TPSA) is 78.0 Å². The van der Waals surface area contributed by atoms with E-state index in [1.807, 2.05) is 54.6 Å². The van der Waals surface area contributed by atoms with Gasteiger partial charge in [0.05, 0.1) is 23.6 Å². The van der Waals surface area contributed by atoms with Crippen LogP contribution in [0.15, 0.2) is 70.8 Å². The molecule has 0 spiro atoms. The fourth-order valence-electron chi connectivity index (χ4n) is 3.90. The predicted octanol–water partition coefficient (Wildman–Crippen LogP) is 4.76. The standard InChI is InChI=1S/C25H24N6O/c1-2-3-4-10-15-30-17-26-23-21(25(30)32)22-24(29-20-14-9-8-13-19(20)28-22)31(23)27-16-18-11-6-5-7-12-18/h5-9,11-14,16-17H,2-4,10,15H2,1H3. The molecule has 0 fully saturated rings. The molecule has 0 saturated heterocycles. The van der Waals surface area contributed by atoms with Gasteiger partial charge in [0.2, 0.25) is 0 Å². The van der Waals surface area contributed by atoms with Crippen molar-refractivity contribution in [3.05, 3.63) is 76.8 Å². The molecule has 0 N–H and O–H groups in total. The lowest BCUT2D eigenvalue weighted by molar-refractivity contribution is 0.567. The molecule has 7 nitrogen and oxygen atoms in total. The molecule has 0 atom stereocenters. The number of hydrogen-bond donors (Lipinski definition) is 0. The summed E-state index contributed by atoms with van der Waals surface area (Å²) in [7, 11) is 0. The molecule has 0 aliphatic carbocycles. The summed E-state index contributed by atoms with van der Waals surface area (Å²) >= 11 is 0. The molecule has 2 aromatic carbocycles. The molecule has 160 valence electrons. The minimum absolute atomic E-state index is 0.102. The van der Waals surface area contributed by atoms with E-state index in [4.69, 9.17) is 9.97 Å². The molecule has 3 heterocycles. The SMILES string of the molecule is CCCCCCn1cnc2c(c1=O)c1nc3ccccc3nc1n2N=Cc1ccccc1. The quantitative estimate of drug-likeness (QED) is 0.279. The van der Waals surface area contributed by atoms with E-state index in [0.717, 1.165) is 42.3 Å². The van der Waals surface area contributed by atoms with Crippen molar-refractivity contribution in [2.45, 2.75) is 39.2 Å². The average molecular weight is 425 g/mol. The normalized spacial score (nSPS) is 11.9. The summed E-state index contributed by atoms with van der Waals surface area (Å²) in [4.78, 5) is 27.6. The van der Waals surface area contributed by atoms with Crippen LogP contribution in [-0.2, 0) is 6.54 Å². The third kappa shape index (κ3) is 3.66. The fourth-order valence-corrected chi connectivity index (χ4v) is 3.90. The first kappa shape index (κ1) is 20.1. The van der Waals surface area contributed by atoms with Crippen molar-refractivity contribution in [1.82, 2.24) is 24.2 Å². The highest BCUT2D eigenvalue weighted by molar-refractivity contribution is 6.04. The maximum atomic E-state index is 13.4. The Morgan fingerprint density at radius 1 is 0.906 bits per heavy atom. The first-order valence-corrected chi connectivity index (χ1v) is 11.0. The fraction of sp³-hybridized carbons (Fsp3) is 0.240. The van der Waals surface area contributed by atoms with E-state index in [1.54, 1.807) is 21.8 Å². The number of para-hydroxylation sites is 2. The van der Waals surface area contributed by atoms with Gasteiger partial charge in [-0.2, -0.15) is 9.78 Å². The Labute approximate surface area is 185 Å². The monoisotopic (exact) mass is 424 g/mol. The summed E-state index contributed by atoms with van der Waals surface area (Å²) in [6, 6.07) is 17.4. The number of hydrogen-bond acceptors (Lipinski definition) is 5. The maximum absolute atomic E-state index is 13.4. The molecule has 7 heteroatoms. The van der Waals surface area contributed by atoms with E-state index in [2.05, 4.69) is 17.0 Å². The summed E-state index contributed by atoms with van der Waals surface area (Å²) in [5, 5.41) is 5.10. The largest absolute Gasteiger partial charge is 0.299 e. The highest BCUT2D eigenvalue weighted by Gasteiger charge is 2.19. The predicted molar refractivity (Wildman–Crippen MR) is 128 cm³/mol. The van der Waals surface area contributed by atoms with E-state index in [-0.39, 0.29) is 5.56 Å². The maximum Gasteiger partial charge on any atom is 0.265 e. The molecule has 0 amide bonds. The van der Waals surface area contributed by atoms with Crippen molar-refractivity contribution in [3.63, 3.8) is 0 Å². The van der Waals surface area contributed by atoms with Crippen LogP contribution in [-0.4, -0.2) is 30.4 Å². The number of benzene rings is 2. The Morgan fingerprint density at radius 2 is 1.66 bits per heavy atom. The van der Waals surface area contributed by atoms with Gasteiger partial charge in [-0.1, -0.05) is 68.7 Å². The second-order valence-electron chi connectivity index (χ2n) is 7.85. The van der Waals surface area contributed by atoms with Crippen LogP contribution in [0.3, 0.4) is 0 Å². The van der Waals surface area contributed by atoms with Crippen LogP contribution in [0.4, 0.5) is 0 Å². The Morgan fingerprint density at radius 3 is 2.44 bits per heavy atom. The second-order valence-corrected chi connectivity index (χ2v) is 7.85. The van der Waals surface area contributed by atoms with Crippen LogP contribution in [0.2, 0.25) is 0 Å². The van der Waals surface area contributed by atoms with Crippen LogP contribution in [0, 0.1) is 0 Å². The lowest BCUT2D eigenvalue weighted by Crippen LogP contribution is -2.20. The van der Waals surface area contributed by atoms with Crippen LogP contribution in [0.25, 0.3) is 33.2 Å². The molecule has 5 rings (SSSR count). The van der Waals surface area contributed by atoms with Crippen LogP contribution < -0.4 is 5.56 Å². The Bertz CT molecular complexity index is 1480. The van der Waals surface area contributed by atoms with Gasteiger partial charge in [0.15, 0.2) is 11.3 Å². The van der Waals surface area contributed by atoms with Gasteiger partial charge in [-0.25, -0.2) is 15.0 Å². The first-order chi connectivity index (χ1) is 15.8. The van der Waals surface area contributed by atoms with Gasteiger partial charge in [0.25, 0.3) is 5.56 Å². The second kappa shape index (κ2) is 8.70. The van der Waals surface area contributed by atoms with Gasteiger partial charge < -0.3 is 0 Å². The zero-order valence-corrected chi connectivity index (χ0v) is 18.0. The lowest BCUT2D eigenvalue weighted by atomic mass is 10.2. The third-order valence-electron chi connectivity index (χ3n) is 5.58. The molecule has 5 aromatic rings. The highest BCUT2D eigenvalue weighted by atomic mass is 16.1. The minimum atomic E-state index is -0.102. The van der Waals surface area contributed by atoms with Crippen molar-refractivity contribution in [2.75, 3.05) is 0 Å². The molecule has 0 aliphatic rings. The summed E-state index contributed by atoms with van der Waals surface area (Å²) in [5.74, 6) is 0. The highest BCUT2D eigenvalue weighted by Crippen LogP contribution is 2.24. The first-order valence-electron chi connectivity index (χ1n) is 11.0. The molecular formula is C25H24N6O. The van der Waals surface area contributed by atoms with Gasteiger partial charge in [-0.15, -0.1) is 0 Å². The molecule has 0 saturated carbocycles. The summed E-state index contributed by atoms with van der Waals surface area (Å²) in [6.07, 6.45) is 7.71. The van der Waals surface area contributed by atoms with Crippen molar-refractivity contribution < 1.29 is 0 Å². The van der Waals surface area contributed by atoms with E-state index < -0.39 is 0 Å².